The SMILES string of the molecule is CCNC(=NCCCN1CCN(c2ncccn2)CC1)NCCn1cccc1. The van der Waals surface area contributed by atoms with E-state index in [0.717, 1.165) is 77.2 Å². The van der Waals surface area contributed by atoms with Crippen LogP contribution in [0.2, 0.25) is 0 Å². The van der Waals surface area contributed by atoms with E-state index in [-0.39, 0.29) is 0 Å². The van der Waals surface area contributed by atoms with Crippen molar-refractivity contribution in [3.8, 4) is 0 Å². The molecular weight excluding hydrogens is 352 g/mol. The lowest BCUT2D eigenvalue weighted by Gasteiger charge is -2.34. The number of rotatable bonds is 9. The van der Waals surface area contributed by atoms with E-state index in [9.17, 15) is 0 Å². The smallest absolute Gasteiger partial charge is 0.225 e. The summed E-state index contributed by atoms with van der Waals surface area (Å²) in [5.41, 5.74) is 0. The molecule has 1 aliphatic rings. The second kappa shape index (κ2) is 11.3. The summed E-state index contributed by atoms with van der Waals surface area (Å²) in [7, 11) is 0. The van der Waals surface area contributed by atoms with Crippen LogP contribution >= 0.6 is 0 Å². The average molecular weight is 385 g/mol. The van der Waals surface area contributed by atoms with Gasteiger partial charge in [-0.1, -0.05) is 0 Å². The zero-order chi connectivity index (χ0) is 19.4. The fraction of sp³-hybridized carbons (Fsp3) is 0.550. The molecule has 0 spiro atoms. The molecule has 2 N–H and O–H groups in total. The number of guanidine groups is 1. The van der Waals surface area contributed by atoms with Gasteiger partial charge in [0, 0.05) is 83.7 Å². The third kappa shape index (κ3) is 6.53. The molecule has 0 aromatic carbocycles. The van der Waals surface area contributed by atoms with Gasteiger partial charge in [0.2, 0.25) is 5.95 Å². The molecule has 0 amide bonds. The standard InChI is InChI=1S/C20H32N8/c1-2-21-19(23-10-14-26-11-3-4-12-26)22-9-6-13-27-15-17-28(18-16-27)20-24-7-5-8-25-20/h3-5,7-8,11-12H,2,6,9-10,13-18H2,1H3,(H2,21,22,23). The molecule has 1 aliphatic heterocycles. The van der Waals surface area contributed by atoms with Crippen molar-refractivity contribution >= 4 is 11.9 Å². The molecule has 28 heavy (non-hydrogen) atoms. The van der Waals surface area contributed by atoms with Crippen molar-refractivity contribution in [2.24, 2.45) is 4.99 Å². The first-order valence-corrected chi connectivity index (χ1v) is 10.2. The summed E-state index contributed by atoms with van der Waals surface area (Å²) in [6, 6.07) is 5.95. The number of piperazine rings is 1. The molecule has 8 heteroatoms. The number of nitrogens with zero attached hydrogens (tertiary/aromatic N) is 6. The zero-order valence-corrected chi connectivity index (χ0v) is 16.8. The molecule has 8 nitrogen and oxygen atoms in total. The van der Waals surface area contributed by atoms with E-state index in [0.29, 0.717) is 0 Å². The number of hydrogen-bond donors (Lipinski definition) is 2. The van der Waals surface area contributed by atoms with Gasteiger partial charge < -0.3 is 20.1 Å². The maximum absolute atomic E-state index is 4.71. The number of anilines is 1. The van der Waals surface area contributed by atoms with Crippen LogP contribution in [0.25, 0.3) is 0 Å². The Morgan fingerprint density at radius 2 is 1.75 bits per heavy atom. The van der Waals surface area contributed by atoms with Crippen LogP contribution < -0.4 is 15.5 Å². The highest BCUT2D eigenvalue weighted by Crippen LogP contribution is 2.09. The number of hydrogen-bond acceptors (Lipinski definition) is 5. The van der Waals surface area contributed by atoms with Gasteiger partial charge in [0.1, 0.15) is 0 Å². The minimum atomic E-state index is 0.834. The van der Waals surface area contributed by atoms with E-state index in [2.05, 4.69) is 54.3 Å². The van der Waals surface area contributed by atoms with Crippen LogP contribution in [0.4, 0.5) is 5.95 Å². The highest BCUT2D eigenvalue weighted by atomic mass is 15.3. The van der Waals surface area contributed by atoms with Gasteiger partial charge >= 0.3 is 0 Å². The predicted octanol–water partition coefficient (Wildman–Crippen LogP) is 1.05. The molecular formula is C20H32N8. The molecule has 1 saturated heterocycles. The number of nitrogens with one attached hydrogen (secondary N) is 2. The van der Waals surface area contributed by atoms with Crippen LogP contribution in [0.1, 0.15) is 13.3 Å². The maximum Gasteiger partial charge on any atom is 0.225 e. The maximum atomic E-state index is 4.71. The second-order valence-electron chi connectivity index (χ2n) is 6.84. The summed E-state index contributed by atoms with van der Waals surface area (Å²) >= 11 is 0. The minimum Gasteiger partial charge on any atom is -0.357 e. The number of aromatic nitrogens is 3. The van der Waals surface area contributed by atoms with E-state index in [1.54, 1.807) is 12.4 Å². The molecule has 0 radical (unpaired) electrons. The Kier molecular flexibility index (Phi) is 8.11. The fourth-order valence-electron chi connectivity index (χ4n) is 3.28. The van der Waals surface area contributed by atoms with E-state index >= 15 is 0 Å². The monoisotopic (exact) mass is 384 g/mol. The Labute approximate surface area is 167 Å². The highest BCUT2D eigenvalue weighted by molar-refractivity contribution is 5.79. The first-order chi connectivity index (χ1) is 13.8. The van der Waals surface area contributed by atoms with Crippen molar-refractivity contribution in [1.82, 2.24) is 30.1 Å². The lowest BCUT2D eigenvalue weighted by Crippen LogP contribution is -2.47. The molecule has 3 rings (SSSR count). The third-order valence-electron chi connectivity index (χ3n) is 4.78. The van der Waals surface area contributed by atoms with Gasteiger partial charge in [-0.2, -0.15) is 0 Å². The van der Waals surface area contributed by atoms with Gasteiger partial charge in [-0.25, -0.2) is 9.97 Å². The third-order valence-corrected chi connectivity index (χ3v) is 4.78. The zero-order valence-electron chi connectivity index (χ0n) is 16.8. The Morgan fingerprint density at radius 1 is 1.00 bits per heavy atom. The van der Waals surface area contributed by atoms with Crippen LogP contribution in [0, 0.1) is 0 Å². The van der Waals surface area contributed by atoms with E-state index < -0.39 is 0 Å². The first kappa shape index (κ1) is 20.1. The minimum absolute atomic E-state index is 0.834. The van der Waals surface area contributed by atoms with Crippen molar-refractivity contribution in [2.75, 3.05) is 57.3 Å². The van der Waals surface area contributed by atoms with Gasteiger partial charge in [-0.3, -0.25) is 9.89 Å². The Morgan fingerprint density at radius 3 is 2.46 bits per heavy atom. The molecule has 0 bridgehead atoms. The molecule has 0 unspecified atom stereocenters. The topological polar surface area (TPSA) is 73.6 Å². The predicted molar refractivity (Wildman–Crippen MR) is 114 cm³/mol. The summed E-state index contributed by atoms with van der Waals surface area (Å²) in [6.07, 6.45) is 8.84. The summed E-state index contributed by atoms with van der Waals surface area (Å²) in [6.45, 7) is 10.8. The van der Waals surface area contributed by atoms with Crippen molar-refractivity contribution in [3.63, 3.8) is 0 Å². The summed E-state index contributed by atoms with van der Waals surface area (Å²) in [5.74, 6) is 1.74. The van der Waals surface area contributed by atoms with Crippen LogP contribution in [0.5, 0.6) is 0 Å². The summed E-state index contributed by atoms with van der Waals surface area (Å²) in [4.78, 5) is 18.2. The lowest BCUT2D eigenvalue weighted by atomic mass is 10.3. The largest absolute Gasteiger partial charge is 0.357 e. The van der Waals surface area contributed by atoms with E-state index in [1.807, 2.05) is 18.2 Å². The van der Waals surface area contributed by atoms with Gasteiger partial charge in [0.05, 0.1) is 0 Å². The Hall–Kier alpha value is -2.61. The molecule has 2 aromatic heterocycles. The van der Waals surface area contributed by atoms with E-state index in [1.165, 1.54) is 0 Å². The van der Waals surface area contributed by atoms with Gasteiger partial charge in [-0.05, 0) is 31.5 Å². The fourth-order valence-corrected chi connectivity index (χ4v) is 3.28. The second-order valence-corrected chi connectivity index (χ2v) is 6.84. The molecule has 1 fully saturated rings. The van der Waals surface area contributed by atoms with Crippen molar-refractivity contribution in [3.05, 3.63) is 43.0 Å². The summed E-state index contributed by atoms with van der Waals surface area (Å²) in [5, 5.41) is 6.73. The Balaban J connectivity index is 1.32. The van der Waals surface area contributed by atoms with Crippen LogP contribution in [-0.4, -0.2) is 77.8 Å². The quantitative estimate of drug-likeness (QED) is 0.382. The molecule has 0 atom stereocenters. The van der Waals surface area contributed by atoms with Crippen molar-refractivity contribution < 1.29 is 0 Å². The van der Waals surface area contributed by atoms with Crippen LogP contribution in [-0.2, 0) is 6.54 Å². The summed E-state index contributed by atoms with van der Waals surface area (Å²) < 4.78 is 2.16. The molecule has 3 heterocycles. The average Bonchev–Trinajstić information content (AvgIpc) is 3.26. The Bertz CT molecular complexity index is 677. The van der Waals surface area contributed by atoms with E-state index in [4.69, 9.17) is 4.99 Å². The highest BCUT2D eigenvalue weighted by Gasteiger charge is 2.18. The van der Waals surface area contributed by atoms with Gasteiger partial charge in [0.15, 0.2) is 5.96 Å². The molecule has 0 aliphatic carbocycles. The van der Waals surface area contributed by atoms with Crippen LogP contribution in [0.15, 0.2) is 48.0 Å². The van der Waals surface area contributed by atoms with Crippen LogP contribution in [0.3, 0.4) is 0 Å². The molecule has 0 saturated carbocycles. The normalized spacial score (nSPS) is 15.6. The first-order valence-electron chi connectivity index (χ1n) is 10.2. The van der Waals surface area contributed by atoms with Crippen molar-refractivity contribution in [1.29, 1.82) is 0 Å². The lowest BCUT2D eigenvalue weighted by molar-refractivity contribution is 0.255. The molecule has 2 aromatic rings. The number of aliphatic imine (C=N–C) groups is 1. The van der Waals surface area contributed by atoms with Gasteiger partial charge in [0.25, 0.3) is 0 Å². The van der Waals surface area contributed by atoms with Crippen molar-refractivity contribution in [2.45, 2.75) is 19.9 Å². The van der Waals surface area contributed by atoms with Gasteiger partial charge in [-0.15, -0.1) is 0 Å². The molecule has 152 valence electrons.